The maximum atomic E-state index is 11.2. The second-order valence-electron chi connectivity index (χ2n) is 4.12. The molecule has 1 saturated carbocycles. The monoisotopic (exact) mass is 219 g/mol. The van der Waals surface area contributed by atoms with Gasteiger partial charge in [-0.2, -0.15) is 0 Å². The zero-order chi connectivity index (χ0) is 9.26. The molecule has 1 heterocycles. The van der Waals surface area contributed by atoms with E-state index in [-0.39, 0.29) is 24.3 Å². The largest absolute Gasteiger partial charge is 0.469 e. The Morgan fingerprint density at radius 1 is 1.36 bits per heavy atom. The summed E-state index contributed by atoms with van der Waals surface area (Å²) < 4.78 is 4.74. The Morgan fingerprint density at radius 3 is 2.57 bits per heavy atom. The number of halogens is 1. The maximum absolute atomic E-state index is 11.2. The number of esters is 1. The Morgan fingerprint density at radius 2 is 2.00 bits per heavy atom. The van der Waals surface area contributed by atoms with E-state index in [2.05, 4.69) is 5.32 Å². The van der Waals surface area contributed by atoms with E-state index in [4.69, 9.17) is 4.74 Å². The molecule has 0 unspecified atom stereocenters. The molecule has 1 aliphatic carbocycles. The van der Waals surface area contributed by atoms with Crippen LogP contribution < -0.4 is 5.32 Å². The summed E-state index contributed by atoms with van der Waals surface area (Å²) in [7, 11) is 1.49. The Hall–Kier alpha value is -0.280. The van der Waals surface area contributed by atoms with E-state index in [0.717, 1.165) is 25.4 Å². The van der Waals surface area contributed by atoms with E-state index < -0.39 is 0 Å². The number of hydrogen-bond acceptors (Lipinski definition) is 3. The van der Waals surface area contributed by atoms with Crippen molar-refractivity contribution in [2.45, 2.75) is 19.3 Å². The smallest absolute Gasteiger partial charge is 0.308 e. The minimum Gasteiger partial charge on any atom is -0.469 e. The van der Waals surface area contributed by atoms with E-state index in [0.29, 0.717) is 5.92 Å². The fraction of sp³-hybridized carbons (Fsp3) is 0.900. The highest BCUT2D eigenvalue weighted by atomic mass is 35.5. The number of hydrogen-bond donors (Lipinski definition) is 1. The third-order valence-electron chi connectivity index (χ3n) is 3.33. The topological polar surface area (TPSA) is 38.3 Å². The quantitative estimate of drug-likeness (QED) is 0.710. The van der Waals surface area contributed by atoms with Crippen LogP contribution in [0.25, 0.3) is 0 Å². The predicted molar refractivity (Wildman–Crippen MR) is 56.5 cm³/mol. The molecule has 2 aliphatic rings. The second kappa shape index (κ2) is 4.99. The van der Waals surface area contributed by atoms with Crippen molar-refractivity contribution in [2.24, 2.45) is 17.8 Å². The molecular weight excluding hydrogens is 202 g/mol. The molecule has 0 amide bonds. The summed E-state index contributed by atoms with van der Waals surface area (Å²) in [4.78, 5) is 11.2. The summed E-state index contributed by atoms with van der Waals surface area (Å²) in [6.07, 6.45) is 3.54. The summed E-state index contributed by atoms with van der Waals surface area (Å²) in [6, 6.07) is 0. The molecule has 1 N–H and O–H groups in total. The fourth-order valence-corrected chi connectivity index (χ4v) is 2.43. The number of ether oxygens (including phenoxy) is 1. The lowest BCUT2D eigenvalue weighted by molar-refractivity contribution is -0.142. The first-order chi connectivity index (χ1) is 6.33. The van der Waals surface area contributed by atoms with Crippen LogP contribution in [0.2, 0.25) is 0 Å². The highest BCUT2D eigenvalue weighted by molar-refractivity contribution is 5.85. The molecule has 2 rings (SSSR count). The summed E-state index contributed by atoms with van der Waals surface area (Å²) in [5.41, 5.74) is 0. The van der Waals surface area contributed by atoms with Crippen LogP contribution in [-0.2, 0) is 9.53 Å². The van der Waals surface area contributed by atoms with Gasteiger partial charge in [0.2, 0.25) is 0 Å². The summed E-state index contributed by atoms with van der Waals surface area (Å²) in [5.74, 6) is 1.64. The molecule has 1 saturated heterocycles. The first-order valence-electron chi connectivity index (χ1n) is 5.11. The number of piperidine rings is 1. The van der Waals surface area contributed by atoms with E-state index in [1.54, 1.807) is 0 Å². The van der Waals surface area contributed by atoms with Gasteiger partial charge in [-0.1, -0.05) is 0 Å². The molecule has 0 spiro atoms. The van der Waals surface area contributed by atoms with Crippen molar-refractivity contribution >= 4 is 18.4 Å². The molecule has 2 fully saturated rings. The fourth-order valence-electron chi connectivity index (χ4n) is 2.43. The van der Waals surface area contributed by atoms with Gasteiger partial charge in [-0.15, -0.1) is 12.4 Å². The average Bonchev–Trinajstić information content (AvgIpc) is 2.98. The first-order valence-corrected chi connectivity index (χ1v) is 5.11. The van der Waals surface area contributed by atoms with Gasteiger partial charge in [-0.25, -0.2) is 0 Å². The zero-order valence-corrected chi connectivity index (χ0v) is 9.31. The van der Waals surface area contributed by atoms with Gasteiger partial charge in [0.25, 0.3) is 0 Å². The molecule has 0 aromatic carbocycles. The van der Waals surface area contributed by atoms with Crippen LogP contribution in [0.5, 0.6) is 0 Å². The Labute approximate surface area is 91.0 Å². The highest BCUT2D eigenvalue weighted by Crippen LogP contribution is 2.47. The number of nitrogens with one attached hydrogen (secondary N) is 1. The van der Waals surface area contributed by atoms with Crippen LogP contribution >= 0.6 is 12.4 Å². The Kier molecular flexibility index (Phi) is 4.20. The van der Waals surface area contributed by atoms with Crippen LogP contribution in [0.3, 0.4) is 0 Å². The molecule has 0 aromatic rings. The van der Waals surface area contributed by atoms with E-state index in [1.807, 2.05) is 0 Å². The van der Waals surface area contributed by atoms with Crippen LogP contribution in [-0.4, -0.2) is 26.2 Å². The molecule has 4 heteroatoms. The van der Waals surface area contributed by atoms with Crippen LogP contribution in [0.4, 0.5) is 0 Å². The molecule has 0 radical (unpaired) electrons. The van der Waals surface area contributed by atoms with Crippen molar-refractivity contribution < 1.29 is 9.53 Å². The van der Waals surface area contributed by atoms with Crippen LogP contribution in [0, 0.1) is 17.8 Å². The van der Waals surface area contributed by atoms with E-state index >= 15 is 0 Å². The van der Waals surface area contributed by atoms with Crippen molar-refractivity contribution in [2.75, 3.05) is 20.2 Å². The minimum atomic E-state index is 0. The molecular formula is C10H18ClNO2. The number of carbonyl (C=O) groups excluding carboxylic acids is 1. The van der Waals surface area contributed by atoms with Gasteiger partial charge < -0.3 is 10.1 Å². The third kappa shape index (κ3) is 2.39. The van der Waals surface area contributed by atoms with Gasteiger partial charge in [0.15, 0.2) is 0 Å². The standard InChI is InChI=1S/C10H17NO2.ClH/c1-13-10(12)9-6-8(9)7-2-4-11-5-3-7;/h7-9,11H,2-6H2,1H3;1H/t8-,9+;/m1./s1. The summed E-state index contributed by atoms with van der Waals surface area (Å²) in [6.45, 7) is 2.24. The summed E-state index contributed by atoms with van der Waals surface area (Å²) >= 11 is 0. The maximum Gasteiger partial charge on any atom is 0.308 e. The van der Waals surface area contributed by atoms with Crippen molar-refractivity contribution in [1.29, 1.82) is 0 Å². The predicted octanol–water partition coefficient (Wildman–Crippen LogP) is 1.22. The van der Waals surface area contributed by atoms with Gasteiger partial charge in [0.1, 0.15) is 0 Å². The van der Waals surface area contributed by atoms with Crippen molar-refractivity contribution in [3.63, 3.8) is 0 Å². The van der Waals surface area contributed by atoms with Gasteiger partial charge in [-0.3, -0.25) is 4.79 Å². The number of methoxy groups -OCH3 is 1. The van der Waals surface area contributed by atoms with Crippen molar-refractivity contribution in [1.82, 2.24) is 5.32 Å². The van der Waals surface area contributed by atoms with Crippen LogP contribution in [0.15, 0.2) is 0 Å². The van der Waals surface area contributed by atoms with Crippen molar-refractivity contribution in [3.8, 4) is 0 Å². The lowest BCUT2D eigenvalue weighted by atomic mass is 9.92. The first kappa shape index (κ1) is 11.8. The van der Waals surface area contributed by atoms with Gasteiger partial charge in [0.05, 0.1) is 13.0 Å². The molecule has 1 aliphatic heterocycles. The molecule has 2 atom stereocenters. The lowest BCUT2D eigenvalue weighted by Gasteiger charge is -2.22. The average molecular weight is 220 g/mol. The number of carbonyl (C=O) groups is 1. The Bertz CT molecular complexity index is 204. The van der Waals surface area contributed by atoms with Gasteiger partial charge in [0, 0.05) is 0 Å². The molecule has 0 bridgehead atoms. The van der Waals surface area contributed by atoms with Gasteiger partial charge in [-0.05, 0) is 44.2 Å². The second-order valence-corrected chi connectivity index (χ2v) is 4.12. The van der Waals surface area contributed by atoms with Gasteiger partial charge >= 0.3 is 5.97 Å². The molecule has 14 heavy (non-hydrogen) atoms. The Balaban J connectivity index is 0.000000980. The SMILES string of the molecule is COC(=O)[C@H]1C[C@@H]1C1CCNCC1.Cl. The molecule has 0 aromatic heterocycles. The minimum absolute atomic E-state index is 0. The molecule has 82 valence electrons. The van der Waals surface area contributed by atoms with Crippen molar-refractivity contribution in [3.05, 3.63) is 0 Å². The van der Waals surface area contributed by atoms with Crippen LogP contribution in [0.1, 0.15) is 19.3 Å². The normalized spacial score (nSPS) is 31.8. The molecule has 3 nitrogen and oxygen atoms in total. The van der Waals surface area contributed by atoms with E-state index in [1.165, 1.54) is 20.0 Å². The zero-order valence-electron chi connectivity index (χ0n) is 8.49. The van der Waals surface area contributed by atoms with E-state index in [9.17, 15) is 4.79 Å². The third-order valence-corrected chi connectivity index (χ3v) is 3.33. The lowest BCUT2D eigenvalue weighted by Crippen LogP contribution is -2.29. The number of rotatable bonds is 2. The highest BCUT2D eigenvalue weighted by Gasteiger charge is 2.48. The summed E-state index contributed by atoms with van der Waals surface area (Å²) in [5, 5.41) is 3.34.